The first-order valence-electron chi connectivity index (χ1n) is 8.75. The standard InChI is InChI=1S/C20H25N3O2/c1-14-6-4-5-7-17(14)19(24)21-16-10-12-23(13-11-16)20(25)18-9-8-15(2)22(18)3/h4-9,16H,10-13H2,1-3H3,(H,21,24). The molecule has 2 aromatic rings. The normalized spacial score (nSPS) is 15.2. The summed E-state index contributed by atoms with van der Waals surface area (Å²) in [6.07, 6.45) is 1.57. The molecule has 132 valence electrons. The van der Waals surface area contributed by atoms with E-state index in [0.29, 0.717) is 13.1 Å². The molecule has 0 atom stereocenters. The molecule has 1 aliphatic rings. The summed E-state index contributed by atoms with van der Waals surface area (Å²) in [5.41, 5.74) is 3.50. The van der Waals surface area contributed by atoms with Crippen molar-refractivity contribution >= 4 is 11.8 Å². The number of aryl methyl sites for hydroxylation is 2. The Kier molecular flexibility index (Phi) is 4.93. The number of aromatic nitrogens is 1. The predicted octanol–water partition coefficient (Wildman–Crippen LogP) is 2.68. The number of carbonyl (C=O) groups excluding carboxylic acids is 2. The van der Waals surface area contributed by atoms with E-state index in [1.165, 1.54) is 0 Å². The lowest BCUT2D eigenvalue weighted by Crippen LogP contribution is -2.47. The number of benzene rings is 1. The molecule has 3 rings (SSSR count). The Morgan fingerprint density at radius 1 is 1.04 bits per heavy atom. The van der Waals surface area contributed by atoms with Gasteiger partial charge in [-0.1, -0.05) is 18.2 Å². The van der Waals surface area contributed by atoms with Crippen LogP contribution in [0, 0.1) is 13.8 Å². The molecule has 5 heteroatoms. The van der Waals surface area contributed by atoms with Gasteiger partial charge in [-0.3, -0.25) is 9.59 Å². The van der Waals surface area contributed by atoms with E-state index in [-0.39, 0.29) is 17.9 Å². The number of hydrogen-bond donors (Lipinski definition) is 1. The van der Waals surface area contributed by atoms with Gasteiger partial charge in [0.05, 0.1) is 0 Å². The van der Waals surface area contributed by atoms with Crippen LogP contribution in [0.5, 0.6) is 0 Å². The summed E-state index contributed by atoms with van der Waals surface area (Å²) >= 11 is 0. The van der Waals surface area contributed by atoms with Crippen molar-refractivity contribution in [3.05, 3.63) is 58.9 Å². The van der Waals surface area contributed by atoms with Gasteiger partial charge in [0.2, 0.25) is 0 Å². The summed E-state index contributed by atoms with van der Waals surface area (Å²) in [5.74, 6) is 0.0419. The predicted molar refractivity (Wildman–Crippen MR) is 97.7 cm³/mol. The number of carbonyl (C=O) groups is 2. The molecule has 1 N–H and O–H groups in total. The summed E-state index contributed by atoms with van der Waals surface area (Å²) in [6, 6.07) is 11.6. The van der Waals surface area contributed by atoms with Gasteiger partial charge in [-0.2, -0.15) is 0 Å². The zero-order valence-electron chi connectivity index (χ0n) is 15.1. The molecule has 2 amide bonds. The summed E-state index contributed by atoms with van der Waals surface area (Å²) in [6.45, 7) is 5.27. The highest BCUT2D eigenvalue weighted by Crippen LogP contribution is 2.16. The third kappa shape index (κ3) is 3.60. The van der Waals surface area contributed by atoms with Gasteiger partial charge < -0.3 is 14.8 Å². The van der Waals surface area contributed by atoms with Crippen LogP contribution >= 0.6 is 0 Å². The zero-order valence-corrected chi connectivity index (χ0v) is 15.1. The quantitative estimate of drug-likeness (QED) is 0.935. The van der Waals surface area contributed by atoms with Crippen molar-refractivity contribution in [3.8, 4) is 0 Å². The highest BCUT2D eigenvalue weighted by molar-refractivity contribution is 5.96. The Morgan fingerprint density at radius 3 is 2.32 bits per heavy atom. The lowest BCUT2D eigenvalue weighted by Gasteiger charge is -2.32. The Balaban J connectivity index is 1.57. The Morgan fingerprint density at radius 2 is 1.72 bits per heavy atom. The molecule has 1 fully saturated rings. The fraction of sp³-hybridized carbons (Fsp3) is 0.400. The van der Waals surface area contributed by atoms with E-state index in [4.69, 9.17) is 0 Å². The van der Waals surface area contributed by atoms with Crippen molar-refractivity contribution in [2.45, 2.75) is 32.7 Å². The Bertz CT molecular complexity index is 786. The van der Waals surface area contributed by atoms with Crippen LogP contribution in [0.25, 0.3) is 0 Å². The number of amides is 2. The van der Waals surface area contributed by atoms with Crippen LogP contribution in [0.15, 0.2) is 36.4 Å². The van der Waals surface area contributed by atoms with Gasteiger partial charge in [0.25, 0.3) is 11.8 Å². The number of nitrogens with one attached hydrogen (secondary N) is 1. The maximum absolute atomic E-state index is 12.6. The summed E-state index contributed by atoms with van der Waals surface area (Å²) in [4.78, 5) is 26.9. The Hall–Kier alpha value is -2.56. The SMILES string of the molecule is Cc1ccccc1C(=O)NC1CCN(C(=O)c2ccc(C)n2C)CC1. The van der Waals surface area contributed by atoms with Crippen molar-refractivity contribution in [1.82, 2.24) is 14.8 Å². The molecule has 1 aliphatic heterocycles. The minimum atomic E-state index is -0.0269. The largest absolute Gasteiger partial charge is 0.349 e. The summed E-state index contributed by atoms with van der Waals surface area (Å²) in [7, 11) is 1.91. The third-order valence-corrected chi connectivity index (χ3v) is 5.10. The second-order valence-electron chi connectivity index (χ2n) is 6.77. The van der Waals surface area contributed by atoms with Crippen LogP contribution in [0.2, 0.25) is 0 Å². The minimum Gasteiger partial charge on any atom is -0.349 e. The van der Waals surface area contributed by atoms with Gasteiger partial charge in [0.1, 0.15) is 5.69 Å². The molecule has 1 saturated heterocycles. The number of likely N-dealkylation sites (tertiary alicyclic amines) is 1. The average Bonchev–Trinajstić information content (AvgIpc) is 2.94. The molecule has 0 saturated carbocycles. The third-order valence-electron chi connectivity index (χ3n) is 5.10. The van der Waals surface area contributed by atoms with Crippen molar-refractivity contribution in [2.24, 2.45) is 7.05 Å². The molecule has 5 nitrogen and oxygen atoms in total. The van der Waals surface area contributed by atoms with Crippen LogP contribution in [0.1, 0.15) is 44.9 Å². The second kappa shape index (κ2) is 7.13. The first-order chi connectivity index (χ1) is 12.0. The topological polar surface area (TPSA) is 54.3 Å². The van der Waals surface area contributed by atoms with Crippen molar-refractivity contribution in [1.29, 1.82) is 0 Å². The molecular weight excluding hydrogens is 314 g/mol. The van der Waals surface area contributed by atoms with E-state index in [2.05, 4.69) is 5.32 Å². The molecule has 0 unspecified atom stereocenters. The molecule has 0 aliphatic carbocycles. The van der Waals surface area contributed by atoms with E-state index < -0.39 is 0 Å². The zero-order chi connectivity index (χ0) is 18.0. The summed E-state index contributed by atoms with van der Waals surface area (Å²) < 4.78 is 1.92. The number of piperidine rings is 1. The van der Waals surface area contributed by atoms with Crippen LogP contribution in [0.4, 0.5) is 0 Å². The van der Waals surface area contributed by atoms with E-state index in [0.717, 1.165) is 35.4 Å². The van der Waals surface area contributed by atoms with E-state index in [9.17, 15) is 9.59 Å². The average molecular weight is 339 g/mol. The fourth-order valence-corrected chi connectivity index (χ4v) is 3.31. The number of rotatable bonds is 3. The van der Waals surface area contributed by atoms with E-state index >= 15 is 0 Å². The van der Waals surface area contributed by atoms with Crippen LogP contribution in [-0.2, 0) is 7.05 Å². The first-order valence-corrected chi connectivity index (χ1v) is 8.75. The minimum absolute atomic E-state index is 0.0269. The van der Waals surface area contributed by atoms with Crippen LogP contribution in [-0.4, -0.2) is 40.4 Å². The molecule has 0 radical (unpaired) electrons. The maximum atomic E-state index is 12.6. The highest BCUT2D eigenvalue weighted by Gasteiger charge is 2.26. The fourth-order valence-electron chi connectivity index (χ4n) is 3.31. The van der Waals surface area contributed by atoms with E-state index in [1.54, 1.807) is 0 Å². The van der Waals surface area contributed by atoms with Crippen LogP contribution < -0.4 is 5.32 Å². The molecule has 0 spiro atoms. The summed E-state index contributed by atoms with van der Waals surface area (Å²) in [5, 5.41) is 3.11. The van der Waals surface area contributed by atoms with Crippen molar-refractivity contribution < 1.29 is 9.59 Å². The second-order valence-corrected chi connectivity index (χ2v) is 6.77. The molecular formula is C20H25N3O2. The van der Waals surface area contributed by atoms with Gasteiger partial charge in [0.15, 0.2) is 0 Å². The maximum Gasteiger partial charge on any atom is 0.270 e. The lowest BCUT2D eigenvalue weighted by atomic mass is 10.0. The highest BCUT2D eigenvalue weighted by atomic mass is 16.2. The molecule has 2 heterocycles. The molecule has 1 aromatic heterocycles. The van der Waals surface area contributed by atoms with Gasteiger partial charge in [-0.25, -0.2) is 0 Å². The number of nitrogens with zero attached hydrogens (tertiary/aromatic N) is 2. The van der Waals surface area contributed by atoms with Gasteiger partial charge in [-0.05, 0) is 50.5 Å². The number of hydrogen-bond acceptors (Lipinski definition) is 2. The molecule has 1 aromatic carbocycles. The monoisotopic (exact) mass is 339 g/mol. The smallest absolute Gasteiger partial charge is 0.270 e. The van der Waals surface area contributed by atoms with Crippen molar-refractivity contribution in [2.75, 3.05) is 13.1 Å². The Labute approximate surface area is 148 Å². The van der Waals surface area contributed by atoms with Gasteiger partial charge >= 0.3 is 0 Å². The van der Waals surface area contributed by atoms with Gasteiger partial charge in [0, 0.05) is 37.4 Å². The van der Waals surface area contributed by atoms with E-state index in [1.807, 2.05) is 66.8 Å². The molecule has 25 heavy (non-hydrogen) atoms. The van der Waals surface area contributed by atoms with Crippen LogP contribution in [0.3, 0.4) is 0 Å². The molecule has 0 bridgehead atoms. The first kappa shape index (κ1) is 17.3. The van der Waals surface area contributed by atoms with Crippen molar-refractivity contribution in [3.63, 3.8) is 0 Å². The lowest BCUT2D eigenvalue weighted by molar-refractivity contribution is 0.0688. The van der Waals surface area contributed by atoms with Gasteiger partial charge in [-0.15, -0.1) is 0 Å².